The third kappa shape index (κ3) is 5.19. The molecule has 0 radical (unpaired) electrons. The van der Waals surface area contributed by atoms with E-state index >= 15 is 0 Å². The van der Waals surface area contributed by atoms with Gasteiger partial charge in [0.15, 0.2) is 0 Å². The van der Waals surface area contributed by atoms with Crippen molar-refractivity contribution in [2.45, 2.75) is 20.0 Å². The first-order valence-corrected chi connectivity index (χ1v) is 5.33. The molecule has 0 amide bonds. The third-order valence-electron chi connectivity index (χ3n) is 2.15. The molecule has 0 saturated heterocycles. The molecule has 0 bridgehead atoms. The van der Waals surface area contributed by atoms with Crippen molar-refractivity contribution < 1.29 is 4.74 Å². The molecule has 1 atom stereocenters. The first kappa shape index (κ1) is 15.0. The Morgan fingerprint density at radius 2 is 2.06 bits per heavy atom. The van der Waals surface area contributed by atoms with Crippen LogP contribution in [0.4, 0.5) is 0 Å². The van der Waals surface area contributed by atoms with Crippen LogP contribution in [0.2, 0.25) is 0 Å². The quantitative estimate of drug-likeness (QED) is 0.423. The van der Waals surface area contributed by atoms with Crippen molar-refractivity contribution >= 4 is 17.5 Å². The highest BCUT2D eigenvalue weighted by Crippen LogP contribution is 2.05. The molecule has 0 aromatic heterocycles. The van der Waals surface area contributed by atoms with E-state index in [2.05, 4.69) is 11.6 Å². The first-order valence-electron chi connectivity index (χ1n) is 4.96. The van der Waals surface area contributed by atoms with Crippen LogP contribution in [0.1, 0.15) is 13.8 Å². The SMILES string of the molecule is C=CN(C)N(C)C(C)N=C(/C=C(\C)Cl)OC. The standard InChI is InChI=1S/C11H20ClN3O/c1-7-14(4)15(5)10(3)13-11(16-6)8-9(2)12/h7-8,10H,1H2,2-6H3/b9-8+,13-11?. The fraction of sp³-hybridized carbons (Fsp3) is 0.545. The van der Waals surface area contributed by atoms with E-state index in [1.807, 2.05) is 31.0 Å². The van der Waals surface area contributed by atoms with Gasteiger partial charge >= 0.3 is 0 Å². The Morgan fingerprint density at radius 1 is 1.50 bits per heavy atom. The van der Waals surface area contributed by atoms with E-state index in [0.29, 0.717) is 10.9 Å². The fourth-order valence-corrected chi connectivity index (χ4v) is 1.07. The van der Waals surface area contributed by atoms with E-state index in [-0.39, 0.29) is 6.17 Å². The molecule has 5 heteroatoms. The Hall–Kier alpha value is -1.000. The van der Waals surface area contributed by atoms with Crippen molar-refractivity contribution in [3.05, 3.63) is 23.9 Å². The fourth-order valence-electron chi connectivity index (χ4n) is 0.979. The lowest BCUT2D eigenvalue weighted by molar-refractivity contribution is 0.0415. The molecule has 0 aromatic rings. The van der Waals surface area contributed by atoms with Gasteiger partial charge in [-0.05, 0) is 13.8 Å². The second-order valence-electron chi connectivity index (χ2n) is 3.36. The molecule has 0 N–H and O–H groups in total. The number of nitrogens with zero attached hydrogens (tertiary/aromatic N) is 3. The number of hydrogen-bond donors (Lipinski definition) is 0. The molecular formula is C11H20ClN3O. The van der Waals surface area contributed by atoms with E-state index in [1.165, 1.54) is 0 Å². The van der Waals surface area contributed by atoms with Gasteiger partial charge < -0.3 is 9.75 Å². The zero-order chi connectivity index (χ0) is 12.7. The van der Waals surface area contributed by atoms with Crippen LogP contribution in [0.5, 0.6) is 0 Å². The highest BCUT2D eigenvalue weighted by atomic mass is 35.5. The largest absolute Gasteiger partial charge is 0.481 e. The number of aliphatic imine (C=N–C) groups is 1. The summed E-state index contributed by atoms with van der Waals surface area (Å²) in [6.45, 7) is 7.42. The zero-order valence-corrected chi connectivity index (χ0v) is 11.3. The molecule has 0 heterocycles. The number of hydrogen-bond acceptors (Lipinski definition) is 4. The first-order chi connectivity index (χ1) is 7.42. The minimum absolute atomic E-state index is 0.0646. The van der Waals surface area contributed by atoms with Gasteiger partial charge in [0.05, 0.1) is 7.11 Å². The molecule has 0 fully saturated rings. The lowest BCUT2D eigenvalue weighted by Gasteiger charge is -2.29. The Morgan fingerprint density at radius 3 is 2.44 bits per heavy atom. The third-order valence-corrected chi connectivity index (χ3v) is 2.26. The van der Waals surface area contributed by atoms with E-state index in [4.69, 9.17) is 16.3 Å². The molecule has 92 valence electrons. The van der Waals surface area contributed by atoms with Crippen molar-refractivity contribution in [3.8, 4) is 0 Å². The van der Waals surface area contributed by atoms with Crippen LogP contribution in [-0.4, -0.2) is 43.3 Å². The molecule has 1 unspecified atom stereocenters. The van der Waals surface area contributed by atoms with Crippen LogP contribution < -0.4 is 0 Å². The molecule has 4 nitrogen and oxygen atoms in total. The molecule has 0 rings (SSSR count). The summed E-state index contributed by atoms with van der Waals surface area (Å²) in [6, 6.07) is 0. The monoisotopic (exact) mass is 245 g/mol. The number of ether oxygens (including phenoxy) is 1. The molecule has 0 spiro atoms. The summed E-state index contributed by atoms with van der Waals surface area (Å²) < 4.78 is 5.11. The van der Waals surface area contributed by atoms with Crippen molar-refractivity contribution in [2.24, 2.45) is 4.99 Å². The van der Waals surface area contributed by atoms with Crippen molar-refractivity contribution in [3.63, 3.8) is 0 Å². The van der Waals surface area contributed by atoms with Crippen LogP contribution in [0.15, 0.2) is 28.9 Å². The Kier molecular flexibility index (Phi) is 6.85. The Balaban J connectivity index is 4.71. The summed E-state index contributed by atoms with van der Waals surface area (Å²) in [4.78, 5) is 4.37. The molecule has 0 aliphatic rings. The summed E-state index contributed by atoms with van der Waals surface area (Å²) in [7, 11) is 5.38. The predicted molar refractivity (Wildman–Crippen MR) is 69.2 cm³/mol. The predicted octanol–water partition coefficient (Wildman–Crippen LogP) is 2.44. The lowest BCUT2D eigenvalue weighted by atomic mass is 10.5. The molecule has 0 aliphatic heterocycles. The Labute approximate surface area is 103 Å². The highest BCUT2D eigenvalue weighted by Gasteiger charge is 2.10. The number of rotatable bonds is 5. The molecular weight excluding hydrogens is 226 g/mol. The van der Waals surface area contributed by atoms with Crippen LogP contribution in [0, 0.1) is 0 Å². The maximum Gasteiger partial charge on any atom is 0.211 e. The van der Waals surface area contributed by atoms with Gasteiger partial charge in [0.1, 0.15) is 6.17 Å². The smallest absolute Gasteiger partial charge is 0.211 e. The van der Waals surface area contributed by atoms with Crippen LogP contribution in [0.3, 0.4) is 0 Å². The van der Waals surface area contributed by atoms with Gasteiger partial charge in [-0.2, -0.15) is 0 Å². The summed E-state index contributed by atoms with van der Waals surface area (Å²) in [5.74, 6) is 0.504. The van der Waals surface area contributed by atoms with E-state index in [0.717, 1.165) is 0 Å². The minimum atomic E-state index is -0.0646. The topological polar surface area (TPSA) is 28.1 Å². The molecule has 16 heavy (non-hydrogen) atoms. The second-order valence-corrected chi connectivity index (χ2v) is 3.96. The number of allylic oxidation sites excluding steroid dienone is 1. The van der Waals surface area contributed by atoms with Gasteiger partial charge in [-0.1, -0.05) is 18.2 Å². The maximum atomic E-state index is 5.76. The normalized spacial score (nSPS) is 14.9. The van der Waals surface area contributed by atoms with Crippen molar-refractivity contribution in [2.75, 3.05) is 21.2 Å². The van der Waals surface area contributed by atoms with Gasteiger partial charge in [-0.3, -0.25) is 0 Å². The van der Waals surface area contributed by atoms with Gasteiger partial charge in [-0.15, -0.1) is 0 Å². The van der Waals surface area contributed by atoms with Gasteiger partial charge in [0.2, 0.25) is 5.90 Å². The minimum Gasteiger partial charge on any atom is -0.481 e. The molecule has 0 aromatic carbocycles. The average Bonchev–Trinajstić information content (AvgIpc) is 2.25. The van der Waals surface area contributed by atoms with Crippen molar-refractivity contribution in [1.82, 2.24) is 10.0 Å². The Bertz CT molecular complexity index is 285. The number of halogens is 1. The highest BCUT2D eigenvalue weighted by molar-refractivity contribution is 6.30. The van der Waals surface area contributed by atoms with Crippen LogP contribution in [-0.2, 0) is 4.74 Å². The summed E-state index contributed by atoms with van der Waals surface area (Å²) in [5.41, 5.74) is 0. The van der Waals surface area contributed by atoms with Gasteiger partial charge in [0.25, 0.3) is 0 Å². The van der Waals surface area contributed by atoms with Gasteiger partial charge in [0, 0.05) is 31.4 Å². The lowest BCUT2D eigenvalue weighted by Crippen LogP contribution is -2.38. The van der Waals surface area contributed by atoms with Crippen LogP contribution >= 0.6 is 11.6 Å². The molecule has 0 saturated carbocycles. The number of methoxy groups -OCH3 is 1. The van der Waals surface area contributed by atoms with E-state index in [1.54, 1.807) is 26.3 Å². The van der Waals surface area contributed by atoms with Gasteiger partial charge in [-0.25, -0.2) is 10.0 Å². The van der Waals surface area contributed by atoms with Crippen molar-refractivity contribution in [1.29, 1.82) is 0 Å². The summed E-state index contributed by atoms with van der Waals surface area (Å²) >= 11 is 5.76. The average molecular weight is 246 g/mol. The zero-order valence-electron chi connectivity index (χ0n) is 10.6. The summed E-state index contributed by atoms with van der Waals surface area (Å²) in [6.07, 6.45) is 3.33. The van der Waals surface area contributed by atoms with E-state index in [9.17, 15) is 0 Å². The molecule has 0 aliphatic carbocycles. The van der Waals surface area contributed by atoms with E-state index < -0.39 is 0 Å². The van der Waals surface area contributed by atoms with Crippen LogP contribution in [0.25, 0.3) is 0 Å². The summed E-state index contributed by atoms with van der Waals surface area (Å²) in [5, 5.41) is 4.40. The maximum absolute atomic E-state index is 5.76. The second kappa shape index (κ2) is 7.30. The number of hydrazine groups is 1.